The first-order chi connectivity index (χ1) is 8.93. The molecule has 1 aromatic rings. The van der Waals surface area contributed by atoms with Crippen LogP contribution in [0.1, 0.15) is 12.8 Å². The molecule has 0 fully saturated rings. The Kier molecular flexibility index (Phi) is 5.04. The number of halogens is 1. The first-order valence-electron chi connectivity index (χ1n) is 5.44. The van der Waals surface area contributed by atoms with E-state index >= 15 is 0 Å². The van der Waals surface area contributed by atoms with Gasteiger partial charge in [-0.2, -0.15) is 4.39 Å². The number of hydrogen-bond acceptors (Lipinski definition) is 5. The maximum Gasteiger partial charge on any atom is 0.331 e. The minimum absolute atomic E-state index is 0.0836. The molecule has 0 aliphatic heterocycles. The number of carbonyl (C=O) groups is 1. The largest absolute Gasteiger partial charge is 0.444 e. The van der Waals surface area contributed by atoms with Gasteiger partial charge in [-0.15, -0.1) is 0 Å². The molecule has 0 bridgehead atoms. The van der Waals surface area contributed by atoms with Gasteiger partial charge < -0.3 is 10.1 Å². The number of esters is 1. The first kappa shape index (κ1) is 14.7. The van der Waals surface area contributed by atoms with Crippen molar-refractivity contribution in [3.8, 4) is 0 Å². The van der Waals surface area contributed by atoms with Crippen molar-refractivity contribution in [2.24, 2.45) is 0 Å². The number of allylic oxidation sites excluding steroid dienone is 1. The lowest BCUT2D eigenvalue weighted by Crippen LogP contribution is -2.32. The standard InChI is InChI=1S/C11H14FN3O4/c1-7(13-2)3-4-9(16)19-6-15-5-8(12)10(17)14-11(15)18/h5,13H,1,3-4,6H2,2H3,(H,14,17,18). The average Bonchev–Trinajstić information content (AvgIpc) is 2.38. The van der Waals surface area contributed by atoms with E-state index in [1.54, 1.807) is 12.0 Å². The van der Waals surface area contributed by atoms with E-state index < -0.39 is 29.8 Å². The molecule has 7 nitrogen and oxygen atoms in total. The van der Waals surface area contributed by atoms with Gasteiger partial charge in [-0.1, -0.05) is 6.58 Å². The van der Waals surface area contributed by atoms with Crippen molar-refractivity contribution in [2.75, 3.05) is 7.05 Å². The molecule has 0 spiro atoms. The van der Waals surface area contributed by atoms with Crippen LogP contribution in [-0.2, 0) is 16.3 Å². The molecule has 1 heterocycles. The fourth-order valence-electron chi connectivity index (χ4n) is 1.17. The lowest BCUT2D eigenvalue weighted by molar-refractivity contribution is -0.147. The first-order valence-corrected chi connectivity index (χ1v) is 5.44. The van der Waals surface area contributed by atoms with Crippen molar-refractivity contribution in [3.63, 3.8) is 0 Å². The van der Waals surface area contributed by atoms with Gasteiger partial charge in [-0.25, -0.2) is 4.79 Å². The van der Waals surface area contributed by atoms with E-state index in [9.17, 15) is 18.8 Å². The summed E-state index contributed by atoms with van der Waals surface area (Å²) < 4.78 is 18.4. The molecule has 0 aliphatic rings. The lowest BCUT2D eigenvalue weighted by Gasteiger charge is -2.07. The number of nitrogens with one attached hydrogen (secondary N) is 2. The van der Waals surface area contributed by atoms with E-state index in [-0.39, 0.29) is 6.42 Å². The van der Waals surface area contributed by atoms with Gasteiger partial charge in [0, 0.05) is 12.7 Å². The highest BCUT2D eigenvalue weighted by Crippen LogP contribution is 2.00. The van der Waals surface area contributed by atoms with Gasteiger partial charge >= 0.3 is 11.7 Å². The summed E-state index contributed by atoms with van der Waals surface area (Å²) in [6.07, 6.45) is 1.16. The molecule has 104 valence electrons. The van der Waals surface area contributed by atoms with E-state index in [4.69, 9.17) is 4.74 Å². The van der Waals surface area contributed by atoms with Crippen molar-refractivity contribution < 1.29 is 13.9 Å². The lowest BCUT2D eigenvalue weighted by atomic mass is 10.2. The highest BCUT2D eigenvalue weighted by molar-refractivity contribution is 5.69. The minimum atomic E-state index is -1.13. The smallest absolute Gasteiger partial charge is 0.331 e. The summed E-state index contributed by atoms with van der Waals surface area (Å²) in [6, 6.07) is 0. The second-order valence-corrected chi connectivity index (χ2v) is 3.71. The normalized spacial score (nSPS) is 10.0. The van der Waals surface area contributed by atoms with Crippen LogP contribution in [0.5, 0.6) is 0 Å². The third kappa shape index (κ3) is 4.41. The fraction of sp³-hybridized carbons (Fsp3) is 0.364. The van der Waals surface area contributed by atoms with Crippen LogP contribution in [0.25, 0.3) is 0 Å². The van der Waals surface area contributed by atoms with Gasteiger partial charge in [-0.05, 0) is 6.42 Å². The van der Waals surface area contributed by atoms with Gasteiger partial charge in [0.05, 0.1) is 12.6 Å². The molecule has 0 saturated heterocycles. The predicted molar refractivity (Wildman–Crippen MR) is 64.8 cm³/mol. The number of aromatic amines is 1. The zero-order valence-corrected chi connectivity index (χ0v) is 10.4. The van der Waals surface area contributed by atoms with Crippen LogP contribution < -0.4 is 16.6 Å². The second-order valence-electron chi connectivity index (χ2n) is 3.71. The zero-order valence-electron chi connectivity index (χ0n) is 10.4. The molecule has 2 N–H and O–H groups in total. The van der Waals surface area contributed by atoms with E-state index in [1.165, 1.54) is 0 Å². The third-order valence-corrected chi connectivity index (χ3v) is 2.32. The minimum Gasteiger partial charge on any atom is -0.444 e. The Bertz CT molecular complexity index is 590. The van der Waals surface area contributed by atoms with Gasteiger partial charge in [0.2, 0.25) is 5.82 Å². The molecule has 0 atom stereocenters. The van der Waals surface area contributed by atoms with Crippen molar-refractivity contribution in [1.29, 1.82) is 0 Å². The summed E-state index contributed by atoms with van der Waals surface area (Å²) in [4.78, 5) is 35.1. The molecule has 0 radical (unpaired) electrons. The number of nitrogens with zero attached hydrogens (tertiary/aromatic N) is 1. The SMILES string of the molecule is C=C(CCC(=O)OCn1cc(F)c(=O)[nH]c1=O)NC. The van der Waals surface area contributed by atoms with Gasteiger partial charge in [-0.3, -0.25) is 19.1 Å². The highest BCUT2D eigenvalue weighted by atomic mass is 19.1. The number of rotatable bonds is 6. The Morgan fingerprint density at radius 3 is 2.84 bits per heavy atom. The van der Waals surface area contributed by atoms with Crippen LogP contribution in [-0.4, -0.2) is 22.6 Å². The molecule has 0 aromatic carbocycles. The molecule has 1 aromatic heterocycles. The topological polar surface area (TPSA) is 93.2 Å². The van der Waals surface area contributed by atoms with Crippen LogP contribution in [0, 0.1) is 5.82 Å². The number of aromatic nitrogens is 2. The number of hydrogen-bond donors (Lipinski definition) is 2. The molecule has 1 rings (SSSR count). The van der Waals surface area contributed by atoms with Crippen LogP contribution in [0.15, 0.2) is 28.1 Å². The Hall–Kier alpha value is -2.38. The van der Waals surface area contributed by atoms with E-state index in [1.807, 2.05) is 0 Å². The van der Waals surface area contributed by atoms with Crippen molar-refractivity contribution in [2.45, 2.75) is 19.6 Å². The summed E-state index contributed by atoms with van der Waals surface area (Å²) in [5.74, 6) is -1.69. The quantitative estimate of drug-likeness (QED) is 0.692. The highest BCUT2D eigenvalue weighted by Gasteiger charge is 2.07. The summed E-state index contributed by atoms with van der Waals surface area (Å²) >= 11 is 0. The van der Waals surface area contributed by atoms with Crippen LogP contribution >= 0.6 is 0 Å². The maximum absolute atomic E-state index is 12.9. The number of H-pyrrole nitrogens is 1. The van der Waals surface area contributed by atoms with Crippen LogP contribution in [0.3, 0.4) is 0 Å². The average molecular weight is 271 g/mol. The van der Waals surface area contributed by atoms with Crippen molar-refractivity contribution >= 4 is 5.97 Å². The van der Waals surface area contributed by atoms with Crippen LogP contribution in [0.2, 0.25) is 0 Å². The molecular formula is C11H14FN3O4. The molecule has 0 saturated carbocycles. The van der Waals surface area contributed by atoms with Gasteiger partial charge in [0.25, 0.3) is 5.56 Å². The Morgan fingerprint density at radius 1 is 1.53 bits per heavy atom. The summed E-state index contributed by atoms with van der Waals surface area (Å²) in [5, 5.41) is 2.77. The number of carbonyl (C=O) groups excluding carboxylic acids is 1. The molecule has 8 heteroatoms. The summed E-state index contributed by atoms with van der Waals surface area (Å²) in [7, 11) is 1.68. The van der Waals surface area contributed by atoms with Gasteiger partial charge in [0.15, 0.2) is 6.73 Å². The van der Waals surface area contributed by atoms with Crippen LogP contribution in [0.4, 0.5) is 4.39 Å². The zero-order chi connectivity index (χ0) is 14.4. The third-order valence-electron chi connectivity index (χ3n) is 2.32. The molecule has 19 heavy (non-hydrogen) atoms. The molecule has 0 unspecified atom stereocenters. The van der Waals surface area contributed by atoms with Crippen molar-refractivity contribution in [1.82, 2.24) is 14.9 Å². The second kappa shape index (κ2) is 6.53. The molecule has 0 amide bonds. The predicted octanol–water partition coefficient (Wildman–Crippen LogP) is -0.310. The van der Waals surface area contributed by atoms with E-state index in [0.29, 0.717) is 18.3 Å². The summed E-state index contributed by atoms with van der Waals surface area (Å²) in [6.45, 7) is 3.17. The van der Waals surface area contributed by atoms with Crippen molar-refractivity contribution in [3.05, 3.63) is 45.1 Å². The Labute approximate surface area is 107 Å². The fourth-order valence-corrected chi connectivity index (χ4v) is 1.17. The Balaban J connectivity index is 2.55. The van der Waals surface area contributed by atoms with E-state index in [2.05, 4.69) is 11.9 Å². The monoisotopic (exact) mass is 271 g/mol. The summed E-state index contributed by atoms with van der Waals surface area (Å²) in [5.41, 5.74) is -1.29. The molecule has 0 aliphatic carbocycles. The van der Waals surface area contributed by atoms with E-state index in [0.717, 1.165) is 4.57 Å². The maximum atomic E-state index is 12.9. The van der Waals surface area contributed by atoms with Gasteiger partial charge in [0.1, 0.15) is 0 Å². The number of ether oxygens (including phenoxy) is 1. The Morgan fingerprint density at radius 2 is 2.21 bits per heavy atom. The molecular weight excluding hydrogens is 257 g/mol.